The van der Waals surface area contributed by atoms with Gasteiger partial charge in [-0.3, -0.25) is 4.79 Å². The highest BCUT2D eigenvalue weighted by molar-refractivity contribution is 14.1. The molecule has 0 bridgehead atoms. The first-order valence-corrected chi connectivity index (χ1v) is 4.33. The predicted octanol–water partition coefficient (Wildman–Crippen LogP) is 2.02. The van der Waals surface area contributed by atoms with E-state index in [2.05, 4.69) is 4.98 Å². The molecular weight excluding hydrogens is 293 g/mol. The lowest BCUT2D eigenvalue weighted by atomic mass is 10.1. The number of nitrogens with zero attached hydrogens (tertiary/aromatic N) is 1. The quantitative estimate of drug-likeness (QED) is 0.671. The van der Waals surface area contributed by atoms with Crippen LogP contribution in [0.25, 0.3) is 0 Å². The number of pyridine rings is 1. The van der Waals surface area contributed by atoms with Crippen LogP contribution in [0.1, 0.15) is 22.3 Å². The largest absolute Gasteiger partial charge is 0.383 e. The van der Waals surface area contributed by atoms with E-state index < -0.39 is 12.0 Å². The van der Waals surface area contributed by atoms with Crippen molar-refractivity contribution in [1.82, 2.24) is 4.98 Å². The number of anilines is 1. The minimum absolute atomic E-state index is 0.0805. The van der Waals surface area contributed by atoms with E-state index in [1.165, 1.54) is 6.20 Å². The van der Waals surface area contributed by atoms with Crippen molar-refractivity contribution in [1.29, 1.82) is 0 Å². The van der Waals surface area contributed by atoms with Crippen LogP contribution < -0.4 is 5.73 Å². The summed E-state index contributed by atoms with van der Waals surface area (Å²) >= 11 is 1.75. The molecule has 1 aromatic heterocycles. The molecule has 1 aromatic rings. The first-order valence-electron chi connectivity index (χ1n) is 3.25. The minimum Gasteiger partial charge on any atom is -0.383 e. The first kappa shape index (κ1) is 10.3. The van der Waals surface area contributed by atoms with Gasteiger partial charge in [-0.2, -0.15) is 0 Å². The summed E-state index contributed by atoms with van der Waals surface area (Å²) < 4.78 is 25.1. The van der Waals surface area contributed by atoms with Gasteiger partial charge in [-0.05, 0) is 22.6 Å². The lowest BCUT2D eigenvalue weighted by Crippen LogP contribution is -2.04. The van der Waals surface area contributed by atoms with Crippen molar-refractivity contribution in [2.45, 2.75) is 6.43 Å². The van der Waals surface area contributed by atoms with Crippen molar-refractivity contribution in [3.8, 4) is 0 Å². The molecule has 0 unspecified atom stereocenters. The summed E-state index contributed by atoms with van der Waals surface area (Å²) in [5.74, 6) is -0.294. The molecule has 0 aliphatic carbocycles. The van der Waals surface area contributed by atoms with Crippen LogP contribution in [0, 0.1) is 3.57 Å². The van der Waals surface area contributed by atoms with Crippen molar-refractivity contribution in [2.75, 3.05) is 5.73 Å². The van der Waals surface area contributed by atoms with Crippen LogP contribution in [0.5, 0.6) is 0 Å². The van der Waals surface area contributed by atoms with Gasteiger partial charge in [0.25, 0.3) is 6.43 Å². The third-order valence-corrected chi connectivity index (χ3v) is 2.34. The zero-order valence-corrected chi connectivity index (χ0v) is 8.46. The Bertz CT molecular complexity index is 344. The topological polar surface area (TPSA) is 56.0 Å². The third-order valence-electron chi connectivity index (χ3n) is 1.48. The van der Waals surface area contributed by atoms with E-state index in [0.29, 0.717) is 9.86 Å². The van der Waals surface area contributed by atoms with E-state index in [1.54, 1.807) is 22.6 Å². The zero-order valence-electron chi connectivity index (χ0n) is 6.30. The highest BCUT2D eigenvalue weighted by atomic mass is 127. The molecule has 0 radical (unpaired) electrons. The van der Waals surface area contributed by atoms with Crippen LogP contribution in [0.3, 0.4) is 0 Å². The summed E-state index contributed by atoms with van der Waals surface area (Å²) in [5.41, 5.74) is 4.65. The summed E-state index contributed by atoms with van der Waals surface area (Å²) in [5, 5.41) is 0. The fraction of sp³-hybridized carbons (Fsp3) is 0.143. The number of halogens is 3. The fourth-order valence-electron chi connectivity index (χ4n) is 0.881. The van der Waals surface area contributed by atoms with Crippen molar-refractivity contribution in [3.05, 3.63) is 20.9 Å². The molecule has 0 amide bonds. The van der Waals surface area contributed by atoms with Crippen LogP contribution >= 0.6 is 22.6 Å². The summed E-state index contributed by atoms with van der Waals surface area (Å²) in [6.45, 7) is 0. The van der Waals surface area contributed by atoms with Crippen molar-refractivity contribution in [3.63, 3.8) is 0 Å². The SMILES string of the molecule is Nc1ncc(I)c(C=O)c1C(F)F. The van der Waals surface area contributed by atoms with Gasteiger partial charge in [-0.25, -0.2) is 13.8 Å². The molecular formula is C7H5F2IN2O. The molecule has 2 N–H and O–H groups in total. The molecule has 0 aliphatic rings. The van der Waals surface area contributed by atoms with Gasteiger partial charge in [-0.15, -0.1) is 0 Å². The van der Waals surface area contributed by atoms with E-state index in [4.69, 9.17) is 5.73 Å². The smallest absolute Gasteiger partial charge is 0.268 e. The number of carbonyl (C=O) groups is 1. The fourth-order valence-corrected chi connectivity index (χ4v) is 1.44. The Labute approximate surface area is 86.5 Å². The van der Waals surface area contributed by atoms with Gasteiger partial charge in [-0.1, -0.05) is 0 Å². The van der Waals surface area contributed by atoms with Crippen LogP contribution in [0.15, 0.2) is 6.20 Å². The second-order valence-corrected chi connectivity index (χ2v) is 3.40. The first-order chi connectivity index (χ1) is 6.07. The van der Waals surface area contributed by atoms with Gasteiger partial charge in [0.05, 0.1) is 5.56 Å². The molecule has 0 saturated carbocycles. The summed E-state index contributed by atoms with van der Waals surface area (Å²) in [6.07, 6.45) is -1.13. The van der Waals surface area contributed by atoms with Crippen LogP contribution in [-0.2, 0) is 0 Å². The third kappa shape index (κ3) is 1.93. The normalized spacial score (nSPS) is 10.5. The highest BCUT2D eigenvalue weighted by Gasteiger charge is 2.19. The zero-order chi connectivity index (χ0) is 10.0. The van der Waals surface area contributed by atoms with Gasteiger partial charge >= 0.3 is 0 Å². The average molecular weight is 298 g/mol. The second-order valence-electron chi connectivity index (χ2n) is 2.24. The molecule has 1 rings (SSSR count). The van der Waals surface area contributed by atoms with Crippen LogP contribution in [-0.4, -0.2) is 11.3 Å². The Kier molecular flexibility index (Phi) is 3.12. The minimum atomic E-state index is -2.78. The summed E-state index contributed by atoms with van der Waals surface area (Å²) in [7, 11) is 0. The van der Waals surface area contributed by atoms with E-state index >= 15 is 0 Å². The van der Waals surface area contributed by atoms with Crippen molar-refractivity contribution < 1.29 is 13.6 Å². The second kappa shape index (κ2) is 3.95. The van der Waals surface area contributed by atoms with Crippen LogP contribution in [0.2, 0.25) is 0 Å². The molecule has 0 spiro atoms. The number of aldehydes is 1. The number of hydrogen-bond donors (Lipinski definition) is 1. The number of aromatic nitrogens is 1. The van der Waals surface area contributed by atoms with Gasteiger partial charge in [0.15, 0.2) is 6.29 Å². The number of rotatable bonds is 2. The van der Waals surface area contributed by atoms with E-state index in [1.807, 2.05) is 0 Å². The molecule has 0 aromatic carbocycles. The Hall–Kier alpha value is -0.790. The molecule has 0 saturated heterocycles. The molecule has 1 heterocycles. The number of nitrogens with two attached hydrogens (primary N) is 1. The Balaban J connectivity index is 3.43. The maximum Gasteiger partial charge on any atom is 0.268 e. The monoisotopic (exact) mass is 298 g/mol. The van der Waals surface area contributed by atoms with Crippen LogP contribution in [0.4, 0.5) is 14.6 Å². The van der Waals surface area contributed by atoms with Crippen molar-refractivity contribution in [2.24, 2.45) is 0 Å². The maximum absolute atomic E-state index is 12.4. The van der Waals surface area contributed by atoms with E-state index in [0.717, 1.165) is 0 Å². The summed E-state index contributed by atoms with van der Waals surface area (Å²) in [4.78, 5) is 14.0. The maximum atomic E-state index is 12.4. The average Bonchev–Trinajstić information content (AvgIpc) is 2.07. The Morgan fingerprint density at radius 1 is 1.62 bits per heavy atom. The molecule has 6 heteroatoms. The molecule has 70 valence electrons. The van der Waals surface area contributed by atoms with Gasteiger partial charge in [0.1, 0.15) is 5.82 Å². The standard InChI is InChI=1S/C7H5F2IN2O/c8-6(9)5-3(2-13)4(10)1-12-7(5)11/h1-2,6H,(H2,11,12). The molecule has 0 atom stereocenters. The molecule has 0 fully saturated rings. The molecule has 13 heavy (non-hydrogen) atoms. The van der Waals surface area contributed by atoms with E-state index in [-0.39, 0.29) is 11.4 Å². The number of alkyl halides is 2. The lowest BCUT2D eigenvalue weighted by molar-refractivity contribution is 0.110. The van der Waals surface area contributed by atoms with Crippen molar-refractivity contribution >= 4 is 34.7 Å². The van der Waals surface area contributed by atoms with Gasteiger partial charge in [0, 0.05) is 15.3 Å². The van der Waals surface area contributed by atoms with Gasteiger partial charge < -0.3 is 5.73 Å². The summed E-state index contributed by atoms with van der Waals surface area (Å²) in [6, 6.07) is 0. The van der Waals surface area contributed by atoms with E-state index in [9.17, 15) is 13.6 Å². The highest BCUT2D eigenvalue weighted by Crippen LogP contribution is 2.28. The van der Waals surface area contributed by atoms with Gasteiger partial charge in [0.2, 0.25) is 0 Å². The number of carbonyl (C=O) groups excluding carboxylic acids is 1. The molecule has 0 aliphatic heterocycles. The number of nitrogen functional groups attached to an aromatic ring is 1. The lowest BCUT2D eigenvalue weighted by Gasteiger charge is -2.07. The predicted molar refractivity (Wildman–Crippen MR) is 51.7 cm³/mol. The number of hydrogen-bond acceptors (Lipinski definition) is 3. The Morgan fingerprint density at radius 3 is 2.62 bits per heavy atom. The molecule has 3 nitrogen and oxygen atoms in total. The Morgan fingerprint density at radius 2 is 2.23 bits per heavy atom.